The molecule has 2 heteroatoms. The molecule has 0 bridgehead atoms. The highest BCUT2D eigenvalue weighted by molar-refractivity contribution is 8.07. The van der Waals surface area contributed by atoms with Crippen molar-refractivity contribution in [2.75, 3.05) is 12.0 Å². The van der Waals surface area contributed by atoms with E-state index in [1.54, 1.807) is 11.8 Å². The topological polar surface area (TPSA) is 26.0 Å². The Labute approximate surface area is 151 Å². The van der Waals surface area contributed by atoms with Crippen molar-refractivity contribution >= 4 is 22.4 Å². The van der Waals surface area contributed by atoms with Gasteiger partial charge in [-0.15, -0.1) is 11.8 Å². The van der Waals surface area contributed by atoms with Crippen LogP contribution in [0, 0.1) is 20.8 Å². The molecule has 0 aliphatic rings. The number of nitrogens with two attached hydrogens (primary N) is 1. The summed E-state index contributed by atoms with van der Waals surface area (Å²) < 4.78 is 0. The van der Waals surface area contributed by atoms with E-state index >= 15 is 0 Å². The molecule has 0 amide bonds. The molecule has 0 radical (unpaired) electrons. The van der Waals surface area contributed by atoms with E-state index < -0.39 is 0 Å². The van der Waals surface area contributed by atoms with Crippen LogP contribution in [0.4, 0.5) is 5.69 Å². The smallest absolute Gasteiger partial charge is 0.0346 e. The van der Waals surface area contributed by atoms with E-state index in [9.17, 15) is 0 Å². The maximum atomic E-state index is 5.80. The molecule has 0 fully saturated rings. The van der Waals surface area contributed by atoms with Gasteiger partial charge in [-0.2, -0.15) is 0 Å². The monoisotopic (exact) mass is 339 g/mol. The van der Waals surface area contributed by atoms with Gasteiger partial charge in [0.2, 0.25) is 0 Å². The molecule has 0 aliphatic heterocycles. The lowest BCUT2D eigenvalue weighted by Crippen LogP contribution is -1.96. The zero-order valence-corrected chi connectivity index (χ0v) is 16.4. The second-order valence-corrected chi connectivity index (χ2v) is 7.16. The van der Waals surface area contributed by atoms with Crippen molar-refractivity contribution < 1.29 is 0 Å². The number of benzene rings is 2. The summed E-state index contributed by atoms with van der Waals surface area (Å²) in [7, 11) is 0. The Hall–Kier alpha value is -1.93. The lowest BCUT2D eigenvalue weighted by atomic mass is 9.99. The molecule has 128 valence electrons. The molecule has 0 unspecified atom stereocenters. The predicted molar refractivity (Wildman–Crippen MR) is 113 cm³/mol. The van der Waals surface area contributed by atoms with E-state index in [1.165, 1.54) is 27.8 Å². The SMILES string of the molecule is C=C(C)Cc1cc(C)c(N)cc1C.C=C(SC)c1ccc(C)cc1. The van der Waals surface area contributed by atoms with Gasteiger partial charge in [-0.1, -0.05) is 54.6 Å². The third-order valence-corrected chi connectivity index (χ3v) is 4.57. The average molecular weight is 340 g/mol. The summed E-state index contributed by atoms with van der Waals surface area (Å²) >= 11 is 1.69. The van der Waals surface area contributed by atoms with Crippen molar-refractivity contribution in [1.82, 2.24) is 0 Å². The van der Waals surface area contributed by atoms with Gasteiger partial charge < -0.3 is 5.73 Å². The number of aryl methyl sites for hydroxylation is 3. The van der Waals surface area contributed by atoms with Crippen molar-refractivity contribution in [3.8, 4) is 0 Å². The molecule has 0 heterocycles. The van der Waals surface area contributed by atoms with E-state index in [4.69, 9.17) is 5.73 Å². The molecule has 1 nitrogen and oxygen atoms in total. The minimum absolute atomic E-state index is 0.878. The highest BCUT2D eigenvalue weighted by atomic mass is 32.2. The molecule has 24 heavy (non-hydrogen) atoms. The van der Waals surface area contributed by atoms with Crippen molar-refractivity contribution in [3.63, 3.8) is 0 Å². The minimum atomic E-state index is 0.878. The number of hydrogen-bond donors (Lipinski definition) is 1. The molecule has 0 aromatic heterocycles. The first-order valence-electron chi connectivity index (χ1n) is 8.04. The van der Waals surface area contributed by atoms with Crippen LogP contribution in [0.15, 0.2) is 55.1 Å². The Morgan fingerprint density at radius 2 is 1.58 bits per heavy atom. The first-order valence-corrected chi connectivity index (χ1v) is 9.27. The molecular formula is C22H29NS. The number of hydrogen-bond acceptors (Lipinski definition) is 2. The molecule has 0 saturated carbocycles. The standard InChI is InChI=1S/C12H17N.C10H12S/c1-8(2)5-11-6-10(4)12(13)7-9(11)3;1-8-4-6-10(7-5-8)9(2)11-3/h6-7H,1,5,13H2,2-4H3;4-7H,2H2,1,3H3. The van der Waals surface area contributed by atoms with Gasteiger partial charge in [0.05, 0.1) is 0 Å². The Bertz CT molecular complexity index is 711. The summed E-state index contributed by atoms with van der Waals surface area (Å²) in [5.74, 6) is 0. The molecule has 0 saturated heterocycles. The molecule has 2 rings (SSSR count). The zero-order valence-electron chi connectivity index (χ0n) is 15.6. The van der Waals surface area contributed by atoms with Crippen molar-refractivity contribution in [2.24, 2.45) is 0 Å². The quantitative estimate of drug-likeness (QED) is 0.520. The number of anilines is 1. The fourth-order valence-corrected chi connectivity index (χ4v) is 2.64. The van der Waals surface area contributed by atoms with E-state index in [1.807, 2.05) is 26.2 Å². The maximum absolute atomic E-state index is 5.80. The van der Waals surface area contributed by atoms with Crippen LogP contribution in [0.5, 0.6) is 0 Å². The Morgan fingerprint density at radius 3 is 2.08 bits per heavy atom. The summed E-state index contributed by atoms with van der Waals surface area (Å²) in [6.45, 7) is 16.1. The van der Waals surface area contributed by atoms with Gasteiger partial charge in [0, 0.05) is 10.6 Å². The van der Waals surface area contributed by atoms with Crippen molar-refractivity contribution in [1.29, 1.82) is 0 Å². The highest BCUT2D eigenvalue weighted by Crippen LogP contribution is 2.22. The lowest BCUT2D eigenvalue weighted by molar-refractivity contribution is 1.12. The van der Waals surface area contributed by atoms with E-state index in [2.05, 4.69) is 57.3 Å². The van der Waals surface area contributed by atoms with Crippen LogP contribution in [0.2, 0.25) is 0 Å². The third-order valence-electron chi connectivity index (χ3n) is 3.84. The molecule has 0 aliphatic carbocycles. The van der Waals surface area contributed by atoms with Crippen LogP contribution in [-0.2, 0) is 6.42 Å². The zero-order chi connectivity index (χ0) is 18.3. The van der Waals surface area contributed by atoms with Crippen LogP contribution >= 0.6 is 11.8 Å². The molecule has 2 aromatic carbocycles. The van der Waals surface area contributed by atoms with E-state index in [0.717, 1.165) is 22.6 Å². The number of allylic oxidation sites excluding steroid dienone is 1. The van der Waals surface area contributed by atoms with Crippen LogP contribution in [0.1, 0.15) is 34.7 Å². The third kappa shape index (κ3) is 6.29. The van der Waals surface area contributed by atoms with Crippen molar-refractivity contribution in [3.05, 3.63) is 82.9 Å². The first kappa shape index (κ1) is 20.1. The van der Waals surface area contributed by atoms with Gasteiger partial charge in [0.15, 0.2) is 0 Å². The summed E-state index contributed by atoms with van der Waals surface area (Å²) in [5, 5.41) is 0. The summed E-state index contributed by atoms with van der Waals surface area (Å²) in [5.41, 5.74) is 14.1. The van der Waals surface area contributed by atoms with E-state index in [-0.39, 0.29) is 0 Å². The summed E-state index contributed by atoms with van der Waals surface area (Å²) in [6, 6.07) is 12.6. The molecule has 0 spiro atoms. The molecule has 2 N–H and O–H groups in total. The molecular weight excluding hydrogens is 310 g/mol. The second-order valence-electron chi connectivity index (χ2n) is 6.26. The Morgan fingerprint density at radius 1 is 1.00 bits per heavy atom. The molecule has 0 atom stereocenters. The average Bonchev–Trinajstić information content (AvgIpc) is 2.53. The summed E-state index contributed by atoms with van der Waals surface area (Å²) in [6.07, 6.45) is 3.00. The fraction of sp³-hybridized carbons (Fsp3) is 0.273. The Balaban J connectivity index is 0.000000243. The largest absolute Gasteiger partial charge is 0.399 e. The van der Waals surface area contributed by atoms with E-state index in [0.29, 0.717) is 0 Å². The van der Waals surface area contributed by atoms with Gasteiger partial charge in [-0.05, 0) is 68.7 Å². The number of rotatable bonds is 4. The van der Waals surface area contributed by atoms with Gasteiger partial charge in [-0.25, -0.2) is 0 Å². The van der Waals surface area contributed by atoms with Crippen LogP contribution in [0.3, 0.4) is 0 Å². The summed E-state index contributed by atoms with van der Waals surface area (Å²) in [4.78, 5) is 1.13. The lowest BCUT2D eigenvalue weighted by Gasteiger charge is -2.09. The fourth-order valence-electron chi connectivity index (χ4n) is 2.27. The first-order chi connectivity index (χ1) is 11.2. The maximum Gasteiger partial charge on any atom is 0.0346 e. The second kappa shape index (κ2) is 9.39. The minimum Gasteiger partial charge on any atom is -0.399 e. The van der Waals surface area contributed by atoms with Gasteiger partial charge in [-0.3, -0.25) is 0 Å². The van der Waals surface area contributed by atoms with Gasteiger partial charge in [0.25, 0.3) is 0 Å². The van der Waals surface area contributed by atoms with Gasteiger partial charge in [0.1, 0.15) is 0 Å². The van der Waals surface area contributed by atoms with Crippen LogP contribution < -0.4 is 5.73 Å². The highest BCUT2D eigenvalue weighted by Gasteiger charge is 2.01. The predicted octanol–water partition coefficient (Wildman–Crippen LogP) is 6.33. The molecule has 2 aromatic rings. The van der Waals surface area contributed by atoms with Crippen LogP contribution in [0.25, 0.3) is 4.91 Å². The normalized spacial score (nSPS) is 9.88. The number of nitrogen functional groups attached to an aromatic ring is 1. The number of thioether (sulfide) groups is 1. The van der Waals surface area contributed by atoms with Crippen molar-refractivity contribution in [2.45, 2.75) is 34.1 Å². The van der Waals surface area contributed by atoms with Gasteiger partial charge >= 0.3 is 0 Å². The van der Waals surface area contributed by atoms with Crippen LogP contribution in [-0.4, -0.2) is 6.26 Å². The Kier molecular flexibility index (Phi) is 7.87.